The van der Waals surface area contributed by atoms with Crippen LogP contribution in [0.3, 0.4) is 0 Å². The maximum atomic E-state index is 11.8. The Kier molecular flexibility index (Phi) is 10.5. The molecule has 0 aliphatic carbocycles. The van der Waals surface area contributed by atoms with E-state index in [4.69, 9.17) is 4.74 Å². The van der Waals surface area contributed by atoms with Crippen LogP contribution in [0, 0.1) is 11.8 Å². The van der Waals surface area contributed by atoms with Crippen molar-refractivity contribution < 1.29 is 9.53 Å². The van der Waals surface area contributed by atoms with E-state index in [1.165, 1.54) is 19.3 Å². The summed E-state index contributed by atoms with van der Waals surface area (Å²) in [5.41, 5.74) is 0. The van der Waals surface area contributed by atoms with E-state index in [0.717, 1.165) is 45.1 Å². The molecule has 1 saturated heterocycles. The Balaban J connectivity index is 2.51. The van der Waals surface area contributed by atoms with Crippen LogP contribution in [0.15, 0.2) is 4.99 Å². The van der Waals surface area contributed by atoms with Gasteiger partial charge in [-0.3, -0.25) is 4.79 Å². The Morgan fingerprint density at radius 1 is 1.33 bits per heavy atom. The third kappa shape index (κ3) is 8.52. The van der Waals surface area contributed by atoms with Gasteiger partial charge in [0, 0.05) is 39.7 Å². The van der Waals surface area contributed by atoms with Crippen LogP contribution < -0.4 is 10.6 Å². The molecule has 140 valence electrons. The topological polar surface area (TPSA) is 66.0 Å². The summed E-state index contributed by atoms with van der Waals surface area (Å²) >= 11 is 0. The molecule has 0 bridgehead atoms. The first-order valence-corrected chi connectivity index (χ1v) is 9.36. The lowest BCUT2D eigenvalue weighted by Gasteiger charge is -2.19. The highest BCUT2D eigenvalue weighted by Gasteiger charge is 2.16. The van der Waals surface area contributed by atoms with Crippen LogP contribution in [0.2, 0.25) is 0 Å². The molecule has 1 amide bonds. The smallest absolute Gasteiger partial charge is 0.243 e. The number of rotatable bonds is 10. The normalized spacial score (nSPS) is 19.2. The van der Waals surface area contributed by atoms with Crippen molar-refractivity contribution in [3.05, 3.63) is 0 Å². The molecule has 0 saturated carbocycles. The molecular weight excluding hydrogens is 304 g/mol. The van der Waals surface area contributed by atoms with Gasteiger partial charge in [0.05, 0.1) is 6.61 Å². The summed E-state index contributed by atoms with van der Waals surface area (Å²) < 4.78 is 5.42. The van der Waals surface area contributed by atoms with Gasteiger partial charge in [-0.25, -0.2) is 4.99 Å². The molecule has 6 heteroatoms. The Morgan fingerprint density at radius 2 is 2.12 bits per heavy atom. The standard InChI is InChI=1S/C18H36N4O2/c1-5-7-8-15(6-2)11-19-18(21-13-17(23)22(3)4)20-12-16-9-10-24-14-16/h15-16H,5-14H2,1-4H3,(H2,19,20,21). The van der Waals surface area contributed by atoms with E-state index in [2.05, 4.69) is 29.5 Å². The van der Waals surface area contributed by atoms with Crippen molar-refractivity contribution in [3.63, 3.8) is 0 Å². The van der Waals surface area contributed by atoms with Gasteiger partial charge in [-0.2, -0.15) is 0 Å². The SMILES string of the molecule is CCCCC(CC)CNC(=NCC(=O)N(C)C)NCC1CCOC1. The first-order chi connectivity index (χ1) is 11.6. The highest BCUT2D eigenvalue weighted by Crippen LogP contribution is 2.12. The van der Waals surface area contributed by atoms with Crippen LogP contribution in [-0.4, -0.2) is 63.7 Å². The van der Waals surface area contributed by atoms with Crippen molar-refractivity contribution in [3.8, 4) is 0 Å². The van der Waals surface area contributed by atoms with Gasteiger partial charge < -0.3 is 20.3 Å². The number of ether oxygens (including phenoxy) is 1. The van der Waals surface area contributed by atoms with Gasteiger partial charge in [-0.05, 0) is 18.8 Å². The molecule has 6 nitrogen and oxygen atoms in total. The van der Waals surface area contributed by atoms with Gasteiger partial charge >= 0.3 is 0 Å². The maximum Gasteiger partial charge on any atom is 0.243 e. The number of carbonyl (C=O) groups excluding carboxylic acids is 1. The second-order valence-corrected chi connectivity index (χ2v) is 6.86. The first kappa shape index (κ1) is 20.7. The number of likely N-dealkylation sites (N-methyl/N-ethyl adjacent to an activating group) is 1. The Labute approximate surface area is 147 Å². The second-order valence-electron chi connectivity index (χ2n) is 6.86. The lowest BCUT2D eigenvalue weighted by atomic mass is 9.99. The average molecular weight is 341 g/mol. The summed E-state index contributed by atoms with van der Waals surface area (Å²) in [6, 6.07) is 0. The molecule has 0 aromatic heterocycles. The van der Waals surface area contributed by atoms with Crippen LogP contribution in [0.1, 0.15) is 46.0 Å². The van der Waals surface area contributed by atoms with Gasteiger partial charge in [-0.1, -0.05) is 33.1 Å². The zero-order chi connectivity index (χ0) is 17.8. The summed E-state index contributed by atoms with van der Waals surface area (Å²) in [7, 11) is 3.51. The number of amides is 1. The summed E-state index contributed by atoms with van der Waals surface area (Å²) in [6.07, 6.45) is 5.98. The Hall–Kier alpha value is -1.30. The summed E-state index contributed by atoms with van der Waals surface area (Å²) in [5, 5.41) is 6.80. The molecule has 0 aromatic carbocycles. The van der Waals surface area contributed by atoms with E-state index in [-0.39, 0.29) is 12.5 Å². The molecule has 1 aliphatic heterocycles. The summed E-state index contributed by atoms with van der Waals surface area (Å²) in [5.74, 6) is 1.94. The molecule has 1 heterocycles. The molecule has 0 aromatic rings. The van der Waals surface area contributed by atoms with E-state index in [0.29, 0.717) is 11.8 Å². The Morgan fingerprint density at radius 3 is 2.71 bits per heavy atom. The molecule has 2 N–H and O–H groups in total. The van der Waals surface area contributed by atoms with Crippen LogP contribution in [0.4, 0.5) is 0 Å². The molecule has 0 spiro atoms. The van der Waals surface area contributed by atoms with E-state index in [9.17, 15) is 4.79 Å². The van der Waals surface area contributed by atoms with Crippen LogP contribution in [0.25, 0.3) is 0 Å². The zero-order valence-electron chi connectivity index (χ0n) is 15.9. The molecule has 2 unspecified atom stereocenters. The fourth-order valence-corrected chi connectivity index (χ4v) is 2.63. The molecule has 0 radical (unpaired) electrons. The third-order valence-corrected chi connectivity index (χ3v) is 4.55. The van der Waals surface area contributed by atoms with Crippen molar-refractivity contribution in [1.82, 2.24) is 15.5 Å². The van der Waals surface area contributed by atoms with Crippen molar-refractivity contribution in [2.45, 2.75) is 46.0 Å². The van der Waals surface area contributed by atoms with Crippen LogP contribution in [-0.2, 0) is 9.53 Å². The minimum Gasteiger partial charge on any atom is -0.381 e. The van der Waals surface area contributed by atoms with Crippen molar-refractivity contribution in [1.29, 1.82) is 0 Å². The number of nitrogens with one attached hydrogen (secondary N) is 2. The number of hydrogen-bond acceptors (Lipinski definition) is 3. The van der Waals surface area contributed by atoms with E-state index in [1.54, 1.807) is 19.0 Å². The first-order valence-electron chi connectivity index (χ1n) is 9.36. The molecular formula is C18H36N4O2. The molecule has 1 rings (SSSR count). The largest absolute Gasteiger partial charge is 0.381 e. The number of unbranched alkanes of at least 4 members (excludes halogenated alkanes) is 1. The number of carbonyl (C=O) groups is 1. The van der Waals surface area contributed by atoms with Gasteiger partial charge in [0.2, 0.25) is 5.91 Å². The number of nitrogens with zero attached hydrogens (tertiary/aromatic N) is 2. The summed E-state index contributed by atoms with van der Waals surface area (Å²) in [4.78, 5) is 17.8. The number of hydrogen-bond donors (Lipinski definition) is 2. The van der Waals surface area contributed by atoms with Gasteiger partial charge in [0.15, 0.2) is 5.96 Å². The van der Waals surface area contributed by atoms with E-state index < -0.39 is 0 Å². The third-order valence-electron chi connectivity index (χ3n) is 4.55. The lowest BCUT2D eigenvalue weighted by molar-refractivity contribution is -0.127. The number of guanidine groups is 1. The fraction of sp³-hybridized carbons (Fsp3) is 0.889. The van der Waals surface area contributed by atoms with Crippen molar-refractivity contribution >= 4 is 11.9 Å². The number of aliphatic imine (C=N–C) groups is 1. The second kappa shape index (κ2) is 12.1. The summed E-state index contributed by atoms with van der Waals surface area (Å²) in [6.45, 7) is 8.04. The fourth-order valence-electron chi connectivity index (χ4n) is 2.63. The van der Waals surface area contributed by atoms with Crippen molar-refractivity contribution in [2.24, 2.45) is 16.8 Å². The predicted molar refractivity (Wildman–Crippen MR) is 99.2 cm³/mol. The van der Waals surface area contributed by atoms with Gasteiger partial charge in [0.1, 0.15) is 6.54 Å². The van der Waals surface area contributed by atoms with Crippen molar-refractivity contribution in [2.75, 3.05) is 46.9 Å². The molecule has 1 fully saturated rings. The molecule has 1 aliphatic rings. The highest BCUT2D eigenvalue weighted by atomic mass is 16.5. The molecule has 24 heavy (non-hydrogen) atoms. The quantitative estimate of drug-likeness (QED) is 0.471. The lowest BCUT2D eigenvalue weighted by Crippen LogP contribution is -2.42. The minimum absolute atomic E-state index is 0.0123. The van der Waals surface area contributed by atoms with Crippen LogP contribution in [0.5, 0.6) is 0 Å². The average Bonchev–Trinajstić information content (AvgIpc) is 3.09. The van der Waals surface area contributed by atoms with E-state index >= 15 is 0 Å². The highest BCUT2D eigenvalue weighted by molar-refractivity contribution is 5.84. The minimum atomic E-state index is 0.0123. The molecule has 2 atom stereocenters. The van der Waals surface area contributed by atoms with Gasteiger partial charge in [0.25, 0.3) is 0 Å². The predicted octanol–water partition coefficient (Wildman–Crippen LogP) is 1.86. The van der Waals surface area contributed by atoms with Gasteiger partial charge in [-0.15, -0.1) is 0 Å². The van der Waals surface area contributed by atoms with Crippen LogP contribution >= 0.6 is 0 Å². The Bertz CT molecular complexity index is 379. The maximum absolute atomic E-state index is 11.8. The van der Waals surface area contributed by atoms with E-state index in [1.807, 2.05) is 0 Å². The zero-order valence-corrected chi connectivity index (χ0v) is 15.9. The monoisotopic (exact) mass is 340 g/mol.